The molecule has 1 aromatic carbocycles. The van der Waals surface area contributed by atoms with Gasteiger partial charge in [-0.3, -0.25) is 4.98 Å². The molecule has 1 fully saturated rings. The van der Waals surface area contributed by atoms with Crippen LogP contribution < -0.4 is 10.1 Å². The molecule has 1 atom stereocenters. The van der Waals surface area contributed by atoms with Gasteiger partial charge in [-0.25, -0.2) is 0 Å². The van der Waals surface area contributed by atoms with Gasteiger partial charge >= 0.3 is 0 Å². The molecule has 1 aromatic heterocycles. The SMILES string of the molecule is COc1cccc(-c2cccc([C@H]3CCCNC3)n2)c1. The molecule has 0 radical (unpaired) electrons. The molecule has 2 heterocycles. The molecule has 0 amide bonds. The second-order valence-corrected chi connectivity index (χ2v) is 5.22. The number of rotatable bonds is 3. The molecule has 0 unspecified atom stereocenters. The molecule has 0 aliphatic carbocycles. The summed E-state index contributed by atoms with van der Waals surface area (Å²) >= 11 is 0. The van der Waals surface area contributed by atoms with Gasteiger partial charge in [-0.15, -0.1) is 0 Å². The second kappa shape index (κ2) is 6.06. The van der Waals surface area contributed by atoms with E-state index in [9.17, 15) is 0 Å². The summed E-state index contributed by atoms with van der Waals surface area (Å²) in [6, 6.07) is 14.4. The van der Waals surface area contributed by atoms with Crippen molar-refractivity contribution in [3.05, 3.63) is 48.2 Å². The Morgan fingerprint density at radius 1 is 1.20 bits per heavy atom. The van der Waals surface area contributed by atoms with E-state index in [1.165, 1.54) is 18.5 Å². The molecule has 104 valence electrons. The van der Waals surface area contributed by atoms with E-state index in [0.29, 0.717) is 5.92 Å². The summed E-state index contributed by atoms with van der Waals surface area (Å²) in [7, 11) is 1.69. The number of ether oxygens (including phenoxy) is 1. The third-order valence-corrected chi connectivity index (χ3v) is 3.85. The zero-order valence-corrected chi connectivity index (χ0v) is 11.8. The fourth-order valence-electron chi connectivity index (χ4n) is 2.73. The molecule has 3 heteroatoms. The maximum Gasteiger partial charge on any atom is 0.119 e. The quantitative estimate of drug-likeness (QED) is 0.928. The molecule has 3 rings (SSSR count). The highest BCUT2D eigenvalue weighted by Gasteiger charge is 2.16. The maximum atomic E-state index is 5.29. The fourth-order valence-corrected chi connectivity index (χ4v) is 2.73. The molecule has 0 spiro atoms. The predicted octanol–water partition coefficient (Wildman–Crippen LogP) is 3.22. The lowest BCUT2D eigenvalue weighted by atomic mass is 9.95. The summed E-state index contributed by atoms with van der Waals surface area (Å²) in [6.45, 7) is 2.17. The van der Waals surface area contributed by atoms with Gasteiger partial charge in [-0.2, -0.15) is 0 Å². The minimum absolute atomic E-state index is 0.536. The van der Waals surface area contributed by atoms with Crippen LogP contribution in [0.1, 0.15) is 24.5 Å². The van der Waals surface area contributed by atoms with E-state index in [-0.39, 0.29) is 0 Å². The molecule has 0 bridgehead atoms. The highest BCUT2D eigenvalue weighted by atomic mass is 16.5. The number of benzene rings is 1. The monoisotopic (exact) mass is 268 g/mol. The third kappa shape index (κ3) is 2.83. The standard InChI is InChI=1S/C17H20N2O/c1-20-15-7-2-5-13(11-15)16-8-3-9-17(19-16)14-6-4-10-18-12-14/h2-3,5,7-9,11,14,18H,4,6,10,12H2,1H3/t14-/m0/s1. The Hall–Kier alpha value is -1.87. The van der Waals surface area contributed by atoms with Crippen molar-refractivity contribution in [2.24, 2.45) is 0 Å². The van der Waals surface area contributed by atoms with E-state index in [0.717, 1.165) is 30.1 Å². The van der Waals surface area contributed by atoms with Crippen molar-refractivity contribution in [1.29, 1.82) is 0 Å². The second-order valence-electron chi connectivity index (χ2n) is 5.22. The average Bonchev–Trinajstić information content (AvgIpc) is 2.56. The molecular formula is C17H20N2O. The Labute approximate surface area is 120 Å². The number of hydrogen-bond acceptors (Lipinski definition) is 3. The lowest BCUT2D eigenvalue weighted by molar-refractivity contribution is 0.415. The van der Waals surface area contributed by atoms with Crippen molar-refractivity contribution < 1.29 is 4.74 Å². The van der Waals surface area contributed by atoms with Gasteiger partial charge in [-0.1, -0.05) is 18.2 Å². The normalized spacial score (nSPS) is 18.8. The van der Waals surface area contributed by atoms with Gasteiger partial charge in [0.2, 0.25) is 0 Å². The summed E-state index contributed by atoms with van der Waals surface area (Å²) in [4.78, 5) is 4.85. The van der Waals surface area contributed by atoms with Gasteiger partial charge in [0, 0.05) is 23.7 Å². The van der Waals surface area contributed by atoms with Crippen molar-refractivity contribution >= 4 is 0 Å². The minimum atomic E-state index is 0.536. The molecular weight excluding hydrogens is 248 g/mol. The van der Waals surface area contributed by atoms with E-state index in [1.807, 2.05) is 18.2 Å². The number of nitrogens with zero attached hydrogens (tertiary/aromatic N) is 1. The Balaban J connectivity index is 1.89. The van der Waals surface area contributed by atoms with Gasteiger partial charge < -0.3 is 10.1 Å². The Kier molecular flexibility index (Phi) is 3.97. The summed E-state index contributed by atoms with van der Waals surface area (Å²) in [6.07, 6.45) is 2.46. The van der Waals surface area contributed by atoms with Crippen LogP contribution in [0.25, 0.3) is 11.3 Å². The maximum absolute atomic E-state index is 5.29. The van der Waals surface area contributed by atoms with Gasteiger partial charge in [0.05, 0.1) is 12.8 Å². The Morgan fingerprint density at radius 2 is 2.10 bits per heavy atom. The summed E-state index contributed by atoms with van der Waals surface area (Å²) in [5, 5.41) is 3.45. The Bertz CT molecular complexity index is 577. The minimum Gasteiger partial charge on any atom is -0.497 e. The zero-order valence-electron chi connectivity index (χ0n) is 11.8. The van der Waals surface area contributed by atoms with E-state index in [2.05, 4.69) is 29.6 Å². The van der Waals surface area contributed by atoms with Crippen LogP contribution in [-0.2, 0) is 0 Å². The smallest absolute Gasteiger partial charge is 0.119 e. The highest BCUT2D eigenvalue weighted by Crippen LogP contribution is 2.26. The zero-order chi connectivity index (χ0) is 13.8. The average molecular weight is 268 g/mol. The molecule has 20 heavy (non-hydrogen) atoms. The fraction of sp³-hybridized carbons (Fsp3) is 0.353. The van der Waals surface area contributed by atoms with Crippen LogP contribution in [0.4, 0.5) is 0 Å². The lowest BCUT2D eigenvalue weighted by Crippen LogP contribution is -2.28. The molecule has 3 nitrogen and oxygen atoms in total. The van der Waals surface area contributed by atoms with Crippen LogP contribution in [0.2, 0.25) is 0 Å². The van der Waals surface area contributed by atoms with Crippen molar-refractivity contribution in [3.63, 3.8) is 0 Å². The van der Waals surface area contributed by atoms with Crippen molar-refractivity contribution in [2.75, 3.05) is 20.2 Å². The van der Waals surface area contributed by atoms with Crippen molar-refractivity contribution in [3.8, 4) is 17.0 Å². The first kappa shape index (κ1) is 13.1. The summed E-state index contributed by atoms with van der Waals surface area (Å²) in [5.74, 6) is 1.41. The van der Waals surface area contributed by atoms with E-state index < -0.39 is 0 Å². The van der Waals surface area contributed by atoms with Crippen LogP contribution in [0, 0.1) is 0 Å². The topological polar surface area (TPSA) is 34.1 Å². The first-order chi connectivity index (χ1) is 9.86. The first-order valence-electron chi connectivity index (χ1n) is 7.19. The van der Waals surface area contributed by atoms with Gasteiger partial charge in [-0.05, 0) is 43.7 Å². The predicted molar refractivity (Wildman–Crippen MR) is 81.1 cm³/mol. The summed E-state index contributed by atoms with van der Waals surface area (Å²) < 4.78 is 5.29. The number of pyridine rings is 1. The Morgan fingerprint density at radius 3 is 2.90 bits per heavy atom. The highest BCUT2D eigenvalue weighted by molar-refractivity contribution is 5.61. The van der Waals surface area contributed by atoms with Crippen molar-refractivity contribution in [2.45, 2.75) is 18.8 Å². The van der Waals surface area contributed by atoms with E-state index in [1.54, 1.807) is 7.11 Å². The van der Waals surface area contributed by atoms with Crippen molar-refractivity contribution in [1.82, 2.24) is 10.3 Å². The number of piperidine rings is 1. The third-order valence-electron chi connectivity index (χ3n) is 3.85. The number of hydrogen-bond donors (Lipinski definition) is 1. The largest absolute Gasteiger partial charge is 0.497 e. The molecule has 1 aliphatic rings. The number of methoxy groups -OCH3 is 1. The van der Waals surface area contributed by atoms with E-state index >= 15 is 0 Å². The van der Waals surface area contributed by atoms with Crippen LogP contribution in [0.3, 0.4) is 0 Å². The van der Waals surface area contributed by atoms with Gasteiger partial charge in [0.25, 0.3) is 0 Å². The van der Waals surface area contributed by atoms with Crippen LogP contribution in [0.15, 0.2) is 42.5 Å². The van der Waals surface area contributed by atoms with Gasteiger partial charge in [0.1, 0.15) is 5.75 Å². The van der Waals surface area contributed by atoms with Crippen LogP contribution >= 0.6 is 0 Å². The van der Waals surface area contributed by atoms with Crippen LogP contribution in [-0.4, -0.2) is 25.2 Å². The van der Waals surface area contributed by atoms with Gasteiger partial charge in [0.15, 0.2) is 0 Å². The summed E-state index contributed by atoms with van der Waals surface area (Å²) in [5.41, 5.74) is 3.32. The van der Waals surface area contributed by atoms with E-state index in [4.69, 9.17) is 9.72 Å². The number of nitrogens with one attached hydrogen (secondary N) is 1. The molecule has 0 saturated carbocycles. The number of aromatic nitrogens is 1. The lowest BCUT2D eigenvalue weighted by Gasteiger charge is -2.22. The molecule has 1 saturated heterocycles. The first-order valence-corrected chi connectivity index (χ1v) is 7.19. The molecule has 1 aliphatic heterocycles. The molecule has 2 aromatic rings. The molecule has 1 N–H and O–H groups in total. The van der Waals surface area contributed by atoms with Crippen LogP contribution in [0.5, 0.6) is 5.75 Å².